The zero-order valence-corrected chi connectivity index (χ0v) is 8.84. The summed E-state index contributed by atoms with van der Waals surface area (Å²) in [6, 6.07) is 0. The number of rotatable bonds is 7. The number of unbranched alkanes of at least 4 members (excludes halogenated alkanes) is 1. The largest absolute Gasteiger partial charge is 0.380 e. The lowest BCUT2D eigenvalue weighted by atomic mass is 9.89. The molecule has 3 N–H and O–H groups in total. The highest BCUT2D eigenvalue weighted by Crippen LogP contribution is 2.24. The van der Waals surface area contributed by atoms with Gasteiger partial charge in [0.15, 0.2) is 0 Å². The summed E-state index contributed by atoms with van der Waals surface area (Å²) >= 11 is 0. The summed E-state index contributed by atoms with van der Waals surface area (Å²) in [6.07, 6.45) is 2.40. The van der Waals surface area contributed by atoms with Gasteiger partial charge in [0.1, 0.15) is 0 Å². The Labute approximate surface area is 85.2 Å². The Morgan fingerprint density at radius 2 is 2.21 bits per heavy atom. The van der Waals surface area contributed by atoms with Crippen LogP contribution in [0, 0.1) is 5.41 Å². The van der Waals surface area contributed by atoms with E-state index in [1.807, 2.05) is 0 Å². The van der Waals surface area contributed by atoms with Crippen LogP contribution in [0.3, 0.4) is 0 Å². The third-order valence-corrected chi connectivity index (χ3v) is 2.48. The molecule has 0 aromatic heterocycles. The molecule has 0 aromatic carbocycles. The van der Waals surface area contributed by atoms with Crippen molar-refractivity contribution >= 4 is 5.91 Å². The lowest BCUT2D eigenvalue weighted by Crippen LogP contribution is -2.47. The van der Waals surface area contributed by atoms with E-state index < -0.39 is 0 Å². The number of nitrogens with two attached hydrogens (primary N) is 1. The van der Waals surface area contributed by atoms with E-state index in [0.29, 0.717) is 11.8 Å². The van der Waals surface area contributed by atoms with Gasteiger partial charge >= 0.3 is 0 Å². The molecule has 4 heteroatoms. The molecule has 0 unspecified atom stereocenters. The zero-order valence-electron chi connectivity index (χ0n) is 8.84. The molecular formula is C10H20N2O2. The molecule has 0 atom stereocenters. The van der Waals surface area contributed by atoms with Crippen molar-refractivity contribution in [2.24, 2.45) is 11.1 Å². The van der Waals surface area contributed by atoms with E-state index in [1.165, 1.54) is 0 Å². The van der Waals surface area contributed by atoms with Crippen molar-refractivity contribution < 1.29 is 9.53 Å². The van der Waals surface area contributed by atoms with Crippen LogP contribution in [-0.2, 0) is 9.53 Å². The maximum atomic E-state index is 10.4. The molecule has 0 aliphatic carbocycles. The predicted molar refractivity (Wildman–Crippen MR) is 54.8 cm³/mol. The Morgan fingerprint density at radius 1 is 1.50 bits per heavy atom. The van der Waals surface area contributed by atoms with Crippen LogP contribution in [0.5, 0.6) is 0 Å². The van der Waals surface area contributed by atoms with Gasteiger partial charge in [-0.2, -0.15) is 0 Å². The van der Waals surface area contributed by atoms with Gasteiger partial charge in [0, 0.05) is 18.4 Å². The first-order valence-electron chi connectivity index (χ1n) is 5.19. The number of carbonyl (C=O) groups is 1. The molecule has 0 radical (unpaired) electrons. The molecule has 0 spiro atoms. The molecule has 1 heterocycles. The lowest BCUT2D eigenvalue weighted by molar-refractivity contribution is -0.118. The molecule has 1 saturated heterocycles. The lowest BCUT2D eigenvalue weighted by Gasteiger charge is -2.38. The number of hydrogen-bond acceptors (Lipinski definition) is 3. The number of hydrogen-bond donors (Lipinski definition) is 2. The molecule has 0 saturated carbocycles. The van der Waals surface area contributed by atoms with Crippen molar-refractivity contribution in [2.45, 2.75) is 26.2 Å². The highest BCUT2D eigenvalue weighted by atomic mass is 16.5. The number of nitrogens with one attached hydrogen (secondary N) is 1. The van der Waals surface area contributed by atoms with Crippen molar-refractivity contribution in [1.29, 1.82) is 0 Å². The highest BCUT2D eigenvalue weighted by molar-refractivity contribution is 5.73. The Morgan fingerprint density at radius 3 is 2.71 bits per heavy atom. The number of ether oxygens (including phenoxy) is 1. The molecule has 82 valence electrons. The summed E-state index contributed by atoms with van der Waals surface area (Å²) in [6.45, 7) is 5.90. The van der Waals surface area contributed by atoms with Gasteiger partial charge in [-0.25, -0.2) is 0 Å². The first kappa shape index (κ1) is 11.5. The second-order valence-corrected chi connectivity index (χ2v) is 4.40. The fourth-order valence-electron chi connectivity index (χ4n) is 1.49. The maximum Gasteiger partial charge on any atom is 0.217 e. The predicted octanol–water partition coefficient (Wildman–Crippen LogP) is 0.268. The number of carbonyl (C=O) groups excluding carboxylic acids is 1. The molecule has 1 amide bonds. The van der Waals surface area contributed by atoms with Crippen molar-refractivity contribution in [3.05, 3.63) is 0 Å². The molecule has 4 nitrogen and oxygen atoms in total. The minimum absolute atomic E-state index is 0.204. The minimum atomic E-state index is -0.204. The van der Waals surface area contributed by atoms with Crippen LogP contribution >= 0.6 is 0 Å². The van der Waals surface area contributed by atoms with Gasteiger partial charge in [-0.3, -0.25) is 4.79 Å². The van der Waals surface area contributed by atoms with Crippen molar-refractivity contribution in [3.8, 4) is 0 Å². The third kappa shape index (κ3) is 4.07. The van der Waals surface area contributed by atoms with Crippen LogP contribution < -0.4 is 11.1 Å². The van der Waals surface area contributed by atoms with Crippen molar-refractivity contribution in [3.63, 3.8) is 0 Å². The van der Waals surface area contributed by atoms with E-state index in [4.69, 9.17) is 10.5 Å². The molecule has 14 heavy (non-hydrogen) atoms. The molecule has 0 aromatic rings. The monoisotopic (exact) mass is 200 g/mol. The Hall–Kier alpha value is -0.610. The summed E-state index contributed by atoms with van der Waals surface area (Å²) in [5.41, 5.74) is 5.37. The van der Waals surface area contributed by atoms with E-state index in [-0.39, 0.29) is 5.91 Å². The van der Waals surface area contributed by atoms with Crippen LogP contribution in [-0.4, -0.2) is 32.2 Å². The maximum absolute atomic E-state index is 10.4. The van der Waals surface area contributed by atoms with E-state index >= 15 is 0 Å². The van der Waals surface area contributed by atoms with Gasteiger partial charge in [-0.1, -0.05) is 6.92 Å². The normalized spacial score (nSPS) is 18.9. The highest BCUT2D eigenvalue weighted by Gasteiger charge is 2.32. The van der Waals surface area contributed by atoms with Gasteiger partial charge in [0.25, 0.3) is 0 Å². The van der Waals surface area contributed by atoms with Gasteiger partial charge in [-0.05, 0) is 19.4 Å². The third-order valence-electron chi connectivity index (χ3n) is 2.48. The molecule has 1 aliphatic heterocycles. The average Bonchev–Trinajstić information content (AvgIpc) is 2.07. The fourth-order valence-corrected chi connectivity index (χ4v) is 1.49. The molecule has 1 fully saturated rings. The standard InChI is InChI=1S/C10H20N2O2/c1-10(7-14-8-10)6-12-5-3-2-4-9(11)13/h12H,2-8H2,1H3,(H2,11,13). The van der Waals surface area contributed by atoms with Crippen LogP contribution in [0.25, 0.3) is 0 Å². The average molecular weight is 200 g/mol. The Balaban J connectivity index is 1.87. The van der Waals surface area contributed by atoms with Crippen LogP contribution in [0.4, 0.5) is 0 Å². The van der Waals surface area contributed by atoms with Gasteiger partial charge in [-0.15, -0.1) is 0 Å². The number of primary amides is 1. The van der Waals surface area contributed by atoms with E-state index in [9.17, 15) is 4.79 Å². The van der Waals surface area contributed by atoms with E-state index in [2.05, 4.69) is 12.2 Å². The van der Waals surface area contributed by atoms with Crippen LogP contribution in [0.1, 0.15) is 26.2 Å². The van der Waals surface area contributed by atoms with Gasteiger partial charge in [0.2, 0.25) is 5.91 Å². The first-order valence-corrected chi connectivity index (χ1v) is 5.19. The SMILES string of the molecule is CC1(CNCCCCC(N)=O)COC1. The molecule has 0 bridgehead atoms. The van der Waals surface area contributed by atoms with E-state index in [1.54, 1.807) is 0 Å². The Kier molecular flexibility index (Phi) is 4.35. The Bertz CT molecular complexity index is 191. The van der Waals surface area contributed by atoms with Gasteiger partial charge in [0.05, 0.1) is 13.2 Å². The van der Waals surface area contributed by atoms with Crippen LogP contribution in [0.15, 0.2) is 0 Å². The minimum Gasteiger partial charge on any atom is -0.380 e. The summed E-state index contributed by atoms with van der Waals surface area (Å²) in [7, 11) is 0. The van der Waals surface area contributed by atoms with E-state index in [0.717, 1.165) is 39.1 Å². The van der Waals surface area contributed by atoms with Crippen molar-refractivity contribution in [2.75, 3.05) is 26.3 Å². The second kappa shape index (κ2) is 5.32. The summed E-state index contributed by atoms with van der Waals surface area (Å²) in [5.74, 6) is -0.204. The van der Waals surface area contributed by atoms with Gasteiger partial charge < -0.3 is 15.8 Å². The quantitative estimate of drug-likeness (QED) is 0.580. The number of amides is 1. The molecular weight excluding hydrogens is 180 g/mol. The molecule has 1 aliphatic rings. The molecule has 1 rings (SSSR count). The van der Waals surface area contributed by atoms with Crippen LogP contribution in [0.2, 0.25) is 0 Å². The smallest absolute Gasteiger partial charge is 0.217 e. The fraction of sp³-hybridized carbons (Fsp3) is 0.900. The summed E-state index contributed by atoms with van der Waals surface area (Å²) < 4.78 is 5.15. The zero-order chi connectivity index (χ0) is 10.4. The summed E-state index contributed by atoms with van der Waals surface area (Å²) in [4.78, 5) is 10.4. The second-order valence-electron chi connectivity index (χ2n) is 4.40. The topological polar surface area (TPSA) is 64.3 Å². The first-order chi connectivity index (χ1) is 6.62. The van der Waals surface area contributed by atoms with Crippen molar-refractivity contribution in [1.82, 2.24) is 5.32 Å². The summed E-state index contributed by atoms with van der Waals surface area (Å²) in [5, 5.41) is 3.37.